The molecule has 1 saturated heterocycles. The number of aromatic nitrogens is 3. The van der Waals surface area contributed by atoms with Gasteiger partial charge in [0, 0.05) is 25.1 Å². The van der Waals surface area contributed by atoms with Crippen molar-refractivity contribution in [3.05, 3.63) is 29.6 Å². The number of aryl methyl sites for hydroxylation is 1. The Labute approximate surface area is 132 Å². The minimum atomic E-state index is 0.321. The first-order valence-corrected chi connectivity index (χ1v) is 8.84. The van der Waals surface area contributed by atoms with Gasteiger partial charge < -0.3 is 10.1 Å². The summed E-state index contributed by atoms with van der Waals surface area (Å²) in [4.78, 5) is 4.39. The highest BCUT2D eigenvalue weighted by molar-refractivity contribution is 8.00. The molecule has 0 spiro atoms. The molecule has 2 aromatic heterocycles. The van der Waals surface area contributed by atoms with Crippen LogP contribution in [0.25, 0.3) is 0 Å². The van der Waals surface area contributed by atoms with Crippen LogP contribution in [0.2, 0.25) is 0 Å². The van der Waals surface area contributed by atoms with E-state index >= 15 is 0 Å². The van der Waals surface area contributed by atoms with E-state index in [0.29, 0.717) is 6.10 Å². The highest BCUT2D eigenvalue weighted by Crippen LogP contribution is 2.28. The molecule has 1 atom stereocenters. The van der Waals surface area contributed by atoms with E-state index in [1.165, 1.54) is 5.56 Å². The lowest BCUT2D eigenvalue weighted by atomic mass is 10.2. The topological polar surface area (TPSA) is 59.9 Å². The number of ether oxygens (including phenoxy) is 1. The number of rotatable bonds is 6. The van der Waals surface area contributed by atoms with Crippen molar-refractivity contribution < 1.29 is 4.74 Å². The molecule has 21 heavy (non-hydrogen) atoms. The molecule has 1 fully saturated rings. The van der Waals surface area contributed by atoms with Gasteiger partial charge in [-0.25, -0.2) is 0 Å². The zero-order chi connectivity index (χ0) is 14.5. The van der Waals surface area contributed by atoms with Crippen molar-refractivity contribution in [3.63, 3.8) is 0 Å². The largest absolute Gasteiger partial charge is 0.376 e. The van der Waals surface area contributed by atoms with E-state index in [9.17, 15) is 0 Å². The Morgan fingerprint density at radius 1 is 1.48 bits per heavy atom. The van der Waals surface area contributed by atoms with Gasteiger partial charge in [-0.15, -0.1) is 10.2 Å². The molecule has 2 aromatic rings. The maximum absolute atomic E-state index is 5.58. The highest BCUT2D eigenvalue weighted by atomic mass is 32.2. The minimum absolute atomic E-state index is 0.321. The average Bonchev–Trinajstić information content (AvgIpc) is 3.16. The van der Waals surface area contributed by atoms with Crippen molar-refractivity contribution in [2.24, 2.45) is 0 Å². The molecule has 0 radical (unpaired) electrons. The second kappa shape index (κ2) is 7.20. The van der Waals surface area contributed by atoms with E-state index in [2.05, 4.69) is 33.5 Å². The number of hydrogen-bond acceptors (Lipinski definition) is 7. The SMILES string of the molecule is Cc1cccnc1CSc1nnc(NC[C@@H]2CCCO2)s1. The van der Waals surface area contributed by atoms with Crippen LogP contribution in [0.3, 0.4) is 0 Å². The van der Waals surface area contributed by atoms with E-state index in [0.717, 1.165) is 46.9 Å². The Bertz CT molecular complexity index is 584. The van der Waals surface area contributed by atoms with Crippen LogP contribution in [-0.4, -0.2) is 34.4 Å². The lowest BCUT2D eigenvalue weighted by Crippen LogP contribution is -2.18. The molecule has 0 bridgehead atoms. The van der Waals surface area contributed by atoms with E-state index in [1.54, 1.807) is 23.1 Å². The molecule has 3 rings (SSSR count). The summed E-state index contributed by atoms with van der Waals surface area (Å²) in [6, 6.07) is 4.04. The summed E-state index contributed by atoms with van der Waals surface area (Å²) in [5.41, 5.74) is 2.32. The van der Waals surface area contributed by atoms with Gasteiger partial charge in [-0.3, -0.25) is 4.98 Å². The fourth-order valence-electron chi connectivity index (χ4n) is 2.15. The molecule has 112 valence electrons. The molecule has 7 heteroatoms. The van der Waals surface area contributed by atoms with Gasteiger partial charge in [0.1, 0.15) is 0 Å². The van der Waals surface area contributed by atoms with Gasteiger partial charge in [-0.1, -0.05) is 29.2 Å². The van der Waals surface area contributed by atoms with E-state index in [-0.39, 0.29) is 0 Å². The first-order valence-electron chi connectivity index (χ1n) is 7.03. The standard InChI is InChI=1S/C14H18N4OS2/c1-10-4-2-6-15-12(10)9-20-14-18-17-13(21-14)16-8-11-5-3-7-19-11/h2,4,6,11H,3,5,7-9H2,1H3,(H,16,17)/t11-/m0/s1. The van der Waals surface area contributed by atoms with Crippen LogP contribution in [0.15, 0.2) is 22.7 Å². The first kappa shape index (κ1) is 14.7. The number of thioether (sulfide) groups is 1. The summed E-state index contributed by atoms with van der Waals surface area (Å²) in [6.07, 6.45) is 4.44. The maximum atomic E-state index is 5.58. The van der Waals surface area contributed by atoms with Crippen LogP contribution in [0.1, 0.15) is 24.1 Å². The lowest BCUT2D eigenvalue weighted by Gasteiger charge is -2.08. The van der Waals surface area contributed by atoms with Crippen LogP contribution in [0.4, 0.5) is 5.13 Å². The molecule has 1 N–H and O–H groups in total. The minimum Gasteiger partial charge on any atom is -0.376 e. The van der Waals surface area contributed by atoms with Crippen molar-refractivity contribution in [3.8, 4) is 0 Å². The molecule has 0 unspecified atom stereocenters. The molecule has 0 saturated carbocycles. The Morgan fingerprint density at radius 2 is 2.43 bits per heavy atom. The fourth-order valence-corrected chi connectivity index (χ4v) is 3.94. The predicted octanol–water partition coefficient (Wildman–Crippen LogP) is 3.12. The number of nitrogens with zero attached hydrogens (tertiary/aromatic N) is 3. The van der Waals surface area contributed by atoms with E-state index < -0.39 is 0 Å². The number of hydrogen-bond donors (Lipinski definition) is 1. The predicted molar refractivity (Wildman–Crippen MR) is 85.9 cm³/mol. The smallest absolute Gasteiger partial charge is 0.206 e. The Balaban J connectivity index is 1.49. The fraction of sp³-hybridized carbons (Fsp3) is 0.500. The number of anilines is 1. The number of nitrogens with one attached hydrogen (secondary N) is 1. The van der Waals surface area contributed by atoms with Gasteiger partial charge in [0.05, 0.1) is 11.8 Å². The van der Waals surface area contributed by atoms with Crippen molar-refractivity contribution in [2.45, 2.75) is 36.0 Å². The molecular weight excluding hydrogens is 304 g/mol. The summed E-state index contributed by atoms with van der Waals surface area (Å²) in [7, 11) is 0. The highest BCUT2D eigenvalue weighted by Gasteiger charge is 2.15. The molecule has 1 aliphatic heterocycles. The summed E-state index contributed by atoms with van der Waals surface area (Å²) < 4.78 is 6.55. The van der Waals surface area contributed by atoms with Gasteiger partial charge >= 0.3 is 0 Å². The monoisotopic (exact) mass is 322 g/mol. The number of pyridine rings is 1. The van der Waals surface area contributed by atoms with Crippen molar-refractivity contribution in [2.75, 3.05) is 18.5 Å². The van der Waals surface area contributed by atoms with Gasteiger partial charge in [-0.2, -0.15) is 0 Å². The van der Waals surface area contributed by atoms with Gasteiger partial charge in [0.25, 0.3) is 0 Å². The van der Waals surface area contributed by atoms with Crippen LogP contribution in [-0.2, 0) is 10.5 Å². The van der Waals surface area contributed by atoms with Crippen LogP contribution in [0.5, 0.6) is 0 Å². The van der Waals surface area contributed by atoms with Gasteiger partial charge in [0.2, 0.25) is 5.13 Å². The van der Waals surface area contributed by atoms with Crippen LogP contribution >= 0.6 is 23.1 Å². The third-order valence-electron chi connectivity index (χ3n) is 3.36. The maximum Gasteiger partial charge on any atom is 0.206 e. The Morgan fingerprint density at radius 3 is 3.24 bits per heavy atom. The third-order valence-corrected chi connectivity index (χ3v) is 5.39. The normalized spacial score (nSPS) is 18.0. The second-order valence-corrected chi connectivity index (χ2v) is 7.14. The molecule has 3 heterocycles. The zero-order valence-electron chi connectivity index (χ0n) is 11.9. The van der Waals surface area contributed by atoms with Crippen LogP contribution < -0.4 is 5.32 Å². The third kappa shape index (κ3) is 4.15. The van der Waals surface area contributed by atoms with Crippen molar-refractivity contribution in [1.82, 2.24) is 15.2 Å². The van der Waals surface area contributed by atoms with Crippen molar-refractivity contribution >= 4 is 28.2 Å². The zero-order valence-corrected chi connectivity index (χ0v) is 13.5. The van der Waals surface area contributed by atoms with E-state index in [1.807, 2.05) is 12.3 Å². The molecule has 5 nitrogen and oxygen atoms in total. The molecule has 0 aromatic carbocycles. The lowest BCUT2D eigenvalue weighted by molar-refractivity contribution is 0.120. The molecular formula is C14H18N4OS2. The molecule has 0 amide bonds. The summed E-state index contributed by atoms with van der Waals surface area (Å²) in [5.74, 6) is 0.826. The van der Waals surface area contributed by atoms with Crippen LogP contribution in [0, 0.1) is 6.92 Å². The summed E-state index contributed by atoms with van der Waals surface area (Å²) in [6.45, 7) is 3.78. The van der Waals surface area contributed by atoms with Gasteiger partial charge in [0.15, 0.2) is 4.34 Å². The second-order valence-electron chi connectivity index (χ2n) is 4.94. The Hall–Kier alpha value is -1.18. The first-order chi connectivity index (χ1) is 10.3. The van der Waals surface area contributed by atoms with E-state index in [4.69, 9.17) is 4.74 Å². The molecule has 1 aliphatic rings. The summed E-state index contributed by atoms with van der Waals surface area (Å²) >= 11 is 3.27. The average molecular weight is 322 g/mol. The quantitative estimate of drug-likeness (QED) is 0.825. The Kier molecular flexibility index (Phi) is 5.05. The van der Waals surface area contributed by atoms with Crippen molar-refractivity contribution in [1.29, 1.82) is 0 Å². The molecule has 0 aliphatic carbocycles. The van der Waals surface area contributed by atoms with Gasteiger partial charge in [-0.05, 0) is 31.4 Å². The summed E-state index contributed by atoms with van der Waals surface area (Å²) in [5, 5.41) is 12.6.